The van der Waals surface area contributed by atoms with Crippen LogP contribution in [-0.4, -0.2) is 17.6 Å². The van der Waals surface area contributed by atoms with E-state index in [1.54, 1.807) is 0 Å². The summed E-state index contributed by atoms with van der Waals surface area (Å²) >= 11 is 1.24. The van der Waals surface area contributed by atoms with Crippen molar-refractivity contribution in [1.29, 1.82) is 0 Å². The first-order valence-corrected chi connectivity index (χ1v) is 10.3. The summed E-state index contributed by atoms with van der Waals surface area (Å²) in [7, 11) is 0. The normalized spacial score (nSPS) is 12.0. The molecule has 0 aliphatic rings. The largest absolute Gasteiger partial charge is 0.368 e. The van der Waals surface area contributed by atoms with E-state index in [0.29, 0.717) is 0 Å². The molecule has 0 spiro atoms. The van der Waals surface area contributed by atoms with Crippen LogP contribution < -0.4 is 11.1 Å². The van der Waals surface area contributed by atoms with Gasteiger partial charge in [0.1, 0.15) is 5.25 Å². The molecule has 0 fully saturated rings. The van der Waals surface area contributed by atoms with E-state index in [-0.39, 0.29) is 11.7 Å². The average Bonchev–Trinajstić information content (AvgIpc) is 2.74. The second kappa shape index (κ2) is 8.37. The molecule has 4 aromatic carbocycles. The molecule has 0 saturated heterocycles. The lowest BCUT2D eigenvalue weighted by atomic mass is 10.0. The number of anilines is 1. The number of fused-ring (bicyclic) bond motifs is 2. The predicted octanol–water partition coefficient (Wildman–Crippen LogP) is 4.89. The number of carbonyl (C=O) groups is 2. The van der Waals surface area contributed by atoms with Crippen LogP contribution in [0.2, 0.25) is 0 Å². The zero-order valence-corrected chi connectivity index (χ0v) is 16.5. The van der Waals surface area contributed by atoms with Gasteiger partial charge in [-0.3, -0.25) is 9.59 Å². The van der Waals surface area contributed by atoms with Gasteiger partial charge in [-0.15, -0.1) is 11.8 Å². The number of nitrogens with one attached hydrogen (secondary N) is 1. The maximum atomic E-state index is 12.6. The molecule has 1 atom stereocenters. The highest BCUT2D eigenvalue weighted by molar-refractivity contribution is 8.00. The van der Waals surface area contributed by atoms with E-state index in [1.807, 2.05) is 84.9 Å². The molecule has 4 aromatic rings. The van der Waals surface area contributed by atoms with Crippen molar-refractivity contribution in [1.82, 2.24) is 0 Å². The molecule has 0 radical (unpaired) electrons. The molecule has 29 heavy (non-hydrogen) atoms. The highest BCUT2D eigenvalue weighted by Crippen LogP contribution is 2.34. The minimum Gasteiger partial charge on any atom is -0.368 e. The monoisotopic (exact) mass is 400 g/mol. The Morgan fingerprint density at radius 1 is 0.793 bits per heavy atom. The molecule has 0 aromatic heterocycles. The molecule has 5 heteroatoms. The van der Waals surface area contributed by atoms with Gasteiger partial charge in [0, 0.05) is 11.1 Å². The van der Waals surface area contributed by atoms with Crippen molar-refractivity contribution in [2.45, 2.75) is 5.25 Å². The minimum absolute atomic E-state index is 0.125. The van der Waals surface area contributed by atoms with Crippen LogP contribution in [0.1, 0.15) is 10.8 Å². The van der Waals surface area contributed by atoms with Crippen molar-refractivity contribution in [3.63, 3.8) is 0 Å². The van der Waals surface area contributed by atoms with E-state index in [1.165, 1.54) is 11.8 Å². The van der Waals surface area contributed by atoms with Gasteiger partial charge in [0.2, 0.25) is 11.8 Å². The molecule has 1 unspecified atom stereocenters. The Bertz CT molecular complexity index is 1200. The lowest BCUT2D eigenvalue weighted by Gasteiger charge is -2.16. The van der Waals surface area contributed by atoms with Crippen molar-refractivity contribution >= 4 is 50.8 Å². The number of nitrogens with two attached hydrogens (primary N) is 1. The number of primary amides is 1. The van der Waals surface area contributed by atoms with E-state index in [2.05, 4.69) is 5.32 Å². The molecule has 0 aliphatic heterocycles. The second-order valence-electron chi connectivity index (χ2n) is 6.74. The van der Waals surface area contributed by atoms with Crippen LogP contribution in [0.3, 0.4) is 0 Å². The number of rotatable bonds is 6. The molecular formula is C24H20N2O2S. The van der Waals surface area contributed by atoms with Crippen LogP contribution in [-0.2, 0) is 9.59 Å². The average molecular weight is 401 g/mol. The van der Waals surface area contributed by atoms with Gasteiger partial charge >= 0.3 is 0 Å². The number of hydrogen-bond donors (Lipinski definition) is 2. The van der Waals surface area contributed by atoms with E-state index in [9.17, 15) is 9.59 Å². The lowest BCUT2D eigenvalue weighted by Crippen LogP contribution is -2.22. The Balaban J connectivity index is 1.53. The van der Waals surface area contributed by atoms with Gasteiger partial charge in [-0.1, -0.05) is 78.9 Å². The molecule has 4 rings (SSSR count). The highest BCUT2D eigenvalue weighted by Gasteiger charge is 2.22. The molecule has 0 bridgehead atoms. The smallest absolute Gasteiger partial charge is 0.235 e. The van der Waals surface area contributed by atoms with Crippen molar-refractivity contribution in [2.24, 2.45) is 5.73 Å². The third kappa shape index (κ3) is 4.10. The van der Waals surface area contributed by atoms with Crippen LogP contribution >= 0.6 is 11.8 Å². The van der Waals surface area contributed by atoms with Crippen LogP contribution in [0.15, 0.2) is 84.9 Å². The summed E-state index contributed by atoms with van der Waals surface area (Å²) in [5.74, 6) is -0.498. The van der Waals surface area contributed by atoms with Gasteiger partial charge in [-0.2, -0.15) is 0 Å². The first kappa shape index (κ1) is 19.0. The van der Waals surface area contributed by atoms with Gasteiger partial charge in [0.15, 0.2) is 0 Å². The Morgan fingerprint density at radius 2 is 1.38 bits per heavy atom. The number of amides is 2. The van der Waals surface area contributed by atoms with E-state index >= 15 is 0 Å². The molecule has 0 aliphatic carbocycles. The van der Waals surface area contributed by atoms with Gasteiger partial charge in [0.25, 0.3) is 0 Å². The zero-order valence-electron chi connectivity index (χ0n) is 15.7. The van der Waals surface area contributed by atoms with Crippen LogP contribution in [0.5, 0.6) is 0 Å². The van der Waals surface area contributed by atoms with Gasteiger partial charge in [-0.25, -0.2) is 0 Å². The fourth-order valence-corrected chi connectivity index (χ4v) is 4.42. The van der Waals surface area contributed by atoms with Crippen molar-refractivity contribution < 1.29 is 9.59 Å². The highest BCUT2D eigenvalue weighted by atomic mass is 32.2. The standard InChI is InChI=1S/C24H20N2O2S/c25-24(28)23(20-13-5-9-16-7-1-3-11-18(16)20)29-15-22(27)26-21-14-6-10-17-8-2-4-12-19(17)21/h1-14,23H,15H2,(H2,25,28)(H,26,27). The summed E-state index contributed by atoms with van der Waals surface area (Å²) in [5.41, 5.74) is 7.27. The summed E-state index contributed by atoms with van der Waals surface area (Å²) in [6, 6.07) is 27.3. The Hall–Kier alpha value is -3.31. The maximum absolute atomic E-state index is 12.6. The van der Waals surface area contributed by atoms with Crippen LogP contribution in [0.25, 0.3) is 21.5 Å². The van der Waals surface area contributed by atoms with E-state index in [4.69, 9.17) is 5.73 Å². The van der Waals surface area contributed by atoms with Crippen molar-refractivity contribution in [3.8, 4) is 0 Å². The Labute approximate surface area is 173 Å². The number of thioether (sulfide) groups is 1. The third-order valence-corrected chi connectivity index (χ3v) is 6.06. The first-order valence-electron chi connectivity index (χ1n) is 9.29. The molecular weight excluding hydrogens is 380 g/mol. The fraction of sp³-hybridized carbons (Fsp3) is 0.0833. The molecule has 0 saturated carbocycles. The molecule has 3 N–H and O–H groups in total. The lowest BCUT2D eigenvalue weighted by molar-refractivity contribution is -0.117. The van der Waals surface area contributed by atoms with Crippen LogP contribution in [0, 0.1) is 0 Å². The zero-order chi connectivity index (χ0) is 20.2. The quantitative estimate of drug-likeness (QED) is 0.484. The second-order valence-corrected chi connectivity index (χ2v) is 7.83. The Kier molecular flexibility index (Phi) is 5.49. The Morgan fingerprint density at radius 3 is 2.10 bits per heavy atom. The van der Waals surface area contributed by atoms with Gasteiger partial charge in [0.05, 0.1) is 5.75 Å². The van der Waals surface area contributed by atoms with E-state index < -0.39 is 11.2 Å². The van der Waals surface area contributed by atoms with Crippen LogP contribution in [0.4, 0.5) is 5.69 Å². The number of hydrogen-bond acceptors (Lipinski definition) is 3. The summed E-state index contributed by atoms with van der Waals surface area (Å²) in [6.45, 7) is 0. The summed E-state index contributed by atoms with van der Waals surface area (Å²) in [5, 5.41) is 6.41. The maximum Gasteiger partial charge on any atom is 0.235 e. The van der Waals surface area contributed by atoms with Gasteiger partial charge in [-0.05, 0) is 27.8 Å². The SMILES string of the molecule is NC(=O)C(SCC(=O)Nc1cccc2ccccc12)c1cccc2ccccc12. The summed E-state index contributed by atoms with van der Waals surface area (Å²) in [6.07, 6.45) is 0. The fourth-order valence-electron chi connectivity index (χ4n) is 3.48. The topological polar surface area (TPSA) is 72.2 Å². The minimum atomic E-state index is -0.598. The number of benzene rings is 4. The van der Waals surface area contributed by atoms with Crippen molar-refractivity contribution in [2.75, 3.05) is 11.1 Å². The number of carbonyl (C=O) groups excluding carboxylic acids is 2. The van der Waals surface area contributed by atoms with E-state index in [0.717, 1.165) is 32.8 Å². The summed E-state index contributed by atoms with van der Waals surface area (Å²) < 4.78 is 0. The van der Waals surface area contributed by atoms with Gasteiger partial charge < -0.3 is 11.1 Å². The third-order valence-electron chi connectivity index (χ3n) is 4.81. The molecule has 4 nitrogen and oxygen atoms in total. The first-order chi connectivity index (χ1) is 14.1. The van der Waals surface area contributed by atoms with Crippen molar-refractivity contribution in [3.05, 3.63) is 90.5 Å². The summed E-state index contributed by atoms with van der Waals surface area (Å²) in [4.78, 5) is 24.8. The molecule has 2 amide bonds. The molecule has 144 valence electrons. The predicted molar refractivity (Wildman–Crippen MR) is 121 cm³/mol. The molecule has 0 heterocycles.